The number of thiazole rings is 1. The van der Waals surface area contributed by atoms with E-state index in [1.165, 1.54) is 28.4 Å². The molecule has 1 aliphatic rings. The molecule has 1 fully saturated rings. The largest absolute Gasteiger partial charge is 0.369 e. The highest BCUT2D eigenvalue weighted by molar-refractivity contribution is 7.13. The molecule has 4 amide bonds. The van der Waals surface area contributed by atoms with Gasteiger partial charge in [-0.25, -0.2) is 14.2 Å². The highest BCUT2D eigenvalue weighted by Gasteiger charge is 2.56. The number of rotatable bonds is 7. The maximum absolute atomic E-state index is 13.1. The Balaban J connectivity index is 1.50. The third-order valence-electron chi connectivity index (χ3n) is 4.49. The van der Waals surface area contributed by atoms with E-state index < -0.39 is 17.4 Å². The number of benzene rings is 1. The third kappa shape index (κ3) is 4.45. The topological polar surface area (TPSA) is 117 Å². The molecular formula is C18H20FN5O3S. The Morgan fingerprint density at radius 2 is 2.11 bits per heavy atom. The van der Waals surface area contributed by atoms with E-state index in [9.17, 15) is 18.8 Å². The number of hydrogen-bond donors (Lipinski definition) is 3. The number of carbonyl (C=O) groups is 3. The van der Waals surface area contributed by atoms with Crippen LogP contribution in [0.3, 0.4) is 0 Å². The van der Waals surface area contributed by atoms with Crippen LogP contribution in [0.25, 0.3) is 0 Å². The number of nitrogens with two attached hydrogens (primary N) is 1. The first-order valence-corrected chi connectivity index (χ1v) is 9.47. The van der Waals surface area contributed by atoms with Crippen LogP contribution in [0.15, 0.2) is 29.6 Å². The quantitative estimate of drug-likeness (QED) is 0.609. The summed E-state index contributed by atoms with van der Waals surface area (Å²) in [5.74, 6) is -1.28. The highest BCUT2D eigenvalue weighted by Crippen LogP contribution is 2.46. The van der Waals surface area contributed by atoms with Crippen molar-refractivity contribution < 1.29 is 18.8 Å². The third-order valence-corrected chi connectivity index (χ3v) is 5.30. The molecule has 0 saturated heterocycles. The number of hydrogen-bond acceptors (Lipinski definition) is 5. The van der Waals surface area contributed by atoms with Crippen LogP contribution < -0.4 is 16.4 Å². The molecule has 10 heteroatoms. The van der Waals surface area contributed by atoms with E-state index in [1.807, 2.05) is 0 Å². The van der Waals surface area contributed by atoms with Gasteiger partial charge in [0.1, 0.15) is 11.2 Å². The first-order chi connectivity index (χ1) is 13.3. The van der Waals surface area contributed by atoms with E-state index in [4.69, 9.17) is 5.73 Å². The second kappa shape index (κ2) is 7.93. The Labute approximate surface area is 164 Å². The summed E-state index contributed by atoms with van der Waals surface area (Å²) in [6.07, 6.45) is 0.946. The zero-order valence-electron chi connectivity index (χ0n) is 15.2. The molecule has 8 nitrogen and oxygen atoms in total. The van der Waals surface area contributed by atoms with Gasteiger partial charge in [-0.2, -0.15) is 0 Å². The van der Waals surface area contributed by atoms with Crippen LogP contribution in [-0.2, 0) is 22.7 Å². The van der Waals surface area contributed by atoms with Gasteiger partial charge < -0.3 is 16.0 Å². The second-order valence-electron chi connectivity index (χ2n) is 6.69. The zero-order chi connectivity index (χ0) is 20.3. The standard InChI is InChI=1S/C18H20FN5O3S/c1-24(15(26)18(5-6-18)14(20)25)9-13-10-28-17(22-13)23-16(27)21-8-11-3-2-4-12(19)7-11/h2-4,7,10H,5-6,8-9H2,1H3,(H2,20,25)(H2,21,22,23,27). The van der Waals surface area contributed by atoms with Gasteiger partial charge in [-0.3, -0.25) is 14.9 Å². The van der Waals surface area contributed by atoms with E-state index in [2.05, 4.69) is 15.6 Å². The minimum Gasteiger partial charge on any atom is -0.369 e. The molecule has 28 heavy (non-hydrogen) atoms. The number of carbonyl (C=O) groups excluding carboxylic acids is 3. The average Bonchev–Trinajstić information content (AvgIpc) is 3.36. The summed E-state index contributed by atoms with van der Waals surface area (Å²) in [6, 6.07) is 5.47. The summed E-state index contributed by atoms with van der Waals surface area (Å²) in [7, 11) is 1.59. The number of urea groups is 1. The Kier molecular flexibility index (Phi) is 5.59. The molecule has 0 spiro atoms. The van der Waals surface area contributed by atoms with Crippen LogP contribution in [0.1, 0.15) is 24.1 Å². The van der Waals surface area contributed by atoms with Crippen molar-refractivity contribution in [2.75, 3.05) is 12.4 Å². The molecule has 0 unspecified atom stereocenters. The van der Waals surface area contributed by atoms with Gasteiger partial charge in [0.2, 0.25) is 11.8 Å². The smallest absolute Gasteiger partial charge is 0.321 e. The number of nitrogens with one attached hydrogen (secondary N) is 2. The Morgan fingerprint density at radius 3 is 2.75 bits per heavy atom. The Bertz CT molecular complexity index is 912. The van der Waals surface area contributed by atoms with Crippen molar-refractivity contribution in [3.63, 3.8) is 0 Å². The molecule has 148 valence electrons. The van der Waals surface area contributed by atoms with Crippen molar-refractivity contribution in [1.82, 2.24) is 15.2 Å². The number of amides is 4. The van der Waals surface area contributed by atoms with Crippen LogP contribution in [-0.4, -0.2) is 34.8 Å². The molecule has 3 rings (SSSR count). The average molecular weight is 405 g/mol. The van der Waals surface area contributed by atoms with E-state index in [0.717, 1.165) is 0 Å². The van der Waals surface area contributed by atoms with Gasteiger partial charge in [-0.15, -0.1) is 11.3 Å². The lowest BCUT2D eigenvalue weighted by molar-refractivity contribution is -0.142. The summed E-state index contributed by atoms with van der Waals surface area (Å²) in [4.78, 5) is 41.5. The Morgan fingerprint density at radius 1 is 1.36 bits per heavy atom. The fraction of sp³-hybridized carbons (Fsp3) is 0.333. The number of halogens is 1. The van der Waals surface area contributed by atoms with E-state index in [0.29, 0.717) is 29.2 Å². The predicted octanol–water partition coefficient (Wildman–Crippen LogP) is 1.83. The number of anilines is 1. The number of nitrogens with zero attached hydrogens (tertiary/aromatic N) is 2. The maximum atomic E-state index is 13.1. The van der Waals surface area contributed by atoms with Crippen LogP contribution in [0.2, 0.25) is 0 Å². The molecule has 4 N–H and O–H groups in total. The van der Waals surface area contributed by atoms with Crippen molar-refractivity contribution in [3.05, 3.63) is 46.7 Å². The molecule has 0 bridgehead atoms. The zero-order valence-corrected chi connectivity index (χ0v) is 16.0. The van der Waals surface area contributed by atoms with Crippen LogP contribution in [0, 0.1) is 11.2 Å². The van der Waals surface area contributed by atoms with Crippen molar-refractivity contribution in [2.45, 2.75) is 25.9 Å². The molecule has 1 aromatic heterocycles. The summed E-state index contributed by atoms with van der Waals surface area (Å²) >= 11 is 1.21. The fourth-order valence-corrected chi connectivity index (χ4v) is 3.47. The van der Waals surface area contributed by atoms with Gasteiger partial charge in [0.05, 0.1) is 12.2 Å². The number of aromatic nitrogens is 1. The molecule has 1 heterocycles. The van der Waals surface area contributed by atoms with Crippen molar-refractivity contribution in [2.24, 2.45) is 11.1 Å². The van der Waals surface area contributed by atoms with Gasteiger partial charge in [0, 0.05) is 19.0 Å². The summed E-state index contributed by atoms with van der Waals surface area (Å²) in [5.41, 5.74) is 5.48. The van der Waals surface area contributed by atoms with Crippen molar-refractivity contribution >= 4 is 34.3 Å². The number of primary amides is 1. The maximum Gasteiger partial charge on any atom is 0.321 e. The van der Waals surface area contributed by atoms with Gasteiger partial charge in [-0.05, 0) is 30.5 Å². The van der Waals surface area contributed by atoms with Gasteiger partial charge >= 0.3 is 6.03 Å². The SMILES string of the molecule is CN(Cc1csc(NC(=O)NCc2cccc(F)c2)n1)C(=O)C1(C(N)=O)CC1. The minimum atomic E-state index is -1.07. The van der Waals surface area contributed by atoms with E-state index in [-0.39, 0.29) is 24.8 Å². The Hall–Kier alpha value is -3.01. The fourth-order valence-electron chi connectivity index (χ4n) is 2.78. The molecule has 0 atom stereocenters. The van der Waals surface area contributed by atoms with Crippen molar-refractivity contribution in [1.29, 1.82) is 0 Å². The summed E-state index contributed by atoms with van der Waals surface area (Å²) in [5, 5.41) is 7.30. The van der Waals surface area contributed by atoms with Gasteiger partial charge in [0.25, 0.3) is 0 Å². The molecule has 1 saturated carbocycles. The lowest BCUT2D eigenvalue weighted by Crippen LogP contribution is -2.41. The molecule has 0 aliphatic heterocycles. The summed E-state index contributed by atoms with van der Waals surface area (Å²) < 4.78 is 13.1. The second-order valence-corrected chi connectivity index (χ2v) is 7.55. The molecular weight excluding hydrogens is 385 g/mol. The monoisotopic (exact) mass is 405 g/mol. The predicted molar refractivity (Wildman–Crippen MR) is 102 cm³/mol. The first kappa shape index (κ1) is 19.7. The normalized spacial score (nSPS) is 14.2. The van der Waals surface area contributed by atoms with Crippen LogP contribution >= 0.6 is 11.3 Å². The van der Waals surface area contributed by atoms with Gasteiger partial charge in [-0.1, -0.05) is 12.1 Å². The van der Waals surface area contributed by atoms with E-state index in [1.54, 1.807) is 24.6 Å². The molecule has 0 radical (unpaired) electrons. The minimum absolute atomic E-state index is 0.175. The van der Waals surface area contributed by atoms with E-state index >= 15 is 0 Å². The summed E-state index contributed by atoms with van der Waals surface area (Å²) in [6.45, 7) is 0.380. The molecule has 1 aliphatic carbocycles. The molecule has 2 aromatic rings. The molecule has 1 aromatic carbocycles. The lowest BCUT2D eigenvalue weighted by Gasteiger charge is -2.20. The first-order valence-electron chi connectivity index (χ1n) is 8.59. The van der Waals surface area contributed by atoms with Crippen LogP contribution in [0.5, 0.6) is 0 Å². The highest BCUT2D eigenvalue weighted by atomic mass is 32.1. The van der Waals surface area contributed by atoms with Crippen molar-refractivity contribution in [3.8, 4) is 0 Å². The van der Waals surface area contributed by atoms with Gasteiger partial charge in [0.15, 0.2) is 5.13 Å². The van der Waals surface area contributed by atoms with Crippen LogP contribution in [0.4, 0.5) is 14.3 Å². The lowest BCUT2D eigenvalue weighted by atomic mass is 10.1.